The first-order valence-corrected chi connectivity index (χ1v) is 5.43. The van der Waals surface area contributed by atoms with Crippen molar-refractivity contribution >= 4 is 5.84 Å². The number of amidine groups is 1. The van der Waals surface area contributed by atoms with Crippen LogP contribution in [0.4, 0.5) is 0 Å². The third-order valence-electron chi connectivity index (χ3n) is 2.75. The minimum atomic E-state index is -0.267. The first-order valence-electron chi connectivity index (χ1n) is 5.43. The molecular weight excluding hydrogens is 204 g/mol. The molecule has 0 saturated carbocycles. The Balaban J connectivity index is 2.41. The number of oxime groups is 1. The van der Waals surface area contributed by atoms with Crippen LogP contribution in [0.5, 0.6) is 0 Å². The minimum absolute atomic E-state index is 0.267. The van der Waals surface area contributed by atoms with E-state index in [1.807, 2.05) is 37.8 Å². The zero-order chi connectivity index (χ0) is 12.2. The SMILES string of the molecule is Cc1cnn(CCCC(C)(C)C(N)=NO)c1. The van der Waals surface area contributed by atoms with Gasteiger partial charge in [-0.2, -0.15) is 5.10 Å². The van der Waals surface area contributed by atoms with Crippen molar-refractivity contribution < 1.29 is 5.21 Å². The van der Waals surface area contributed by atoms with E-state index in [1.165, 1.54) is 0 Å². The fraction of sp³-hybridized carbons (Fsp3) is 0.636. The van der Waals surface area contributed by atoms with E-state index in [-0.39, 0.29) is 11.3 Å². The van der Waals surface area contributed by atoms with Gasteiger partial charge in [-0.05, 0) is 25.3 Å². The highest BCUT2D eigenvalue weighted by molar-refractivity contribution is 5.85. The van der Waals surface area contributed by atoms with Crippen molar-refractivity contribution in [1.82, 2.24) is 9.78 Å². The third kappa shape index (κ3) is 3.25. The Labute approximate surface area is 95.9 Å². The van der Waals surface area contributed by atoms with Crippen LogP contribution in [0.3, 0.4) is 0 Å². The van der Waals surface area contributed by atoms with E-state index in [4.69, 9.17) is 10.9 Å². The van der Waals surface area contributed by atoms with Crippen molar-refractivity contribution in [2.45, 2.75) is 40.2 Å². The van der Waals surface area contributed by atoms with Crippen LogP contribution in [0.15, 0.2) is 17.5 Å². The summed E-state index contributed by atoms with van der Waals surface area (Å²) in [7, 11) is 0. The van der Waals surface area contributed by atoms with Crippen molar-refractivity contribution in [3.8, 4) is 0 Å². The first-order chi connectivity index (χ1) is 7.45. The highest BCUT2D eigenvalue weighted by Crippen LogP contribution is 2.22. The molecule has 0 atom stereocenters. The standard InChI is InChI=1S/C11H20N4O/c1-9-7-13-15(8-9)6-4-5-11(2,3)10(12)14-16/h7-8,16H,4-6H2,1-3H3,(H2,12,14). The van der Waals surface area contributed by atoms with Gasteiger partial charge < -0.3 is 10.9 Å². The van der Waals surface area contributed by atoms with Crippen LogP contribution in [-0.2, 0) is 6.54 Å². The number of aromatic nitrogens is 2. The zero-order valence-corrected chi connectivity index (χ0v) is 10.1. The Morgan fingerprint density at radius 2 is 2.31 bits per heavy atom. The molecule has 0 radical (unpaired) electrons. The molecule has 5 nitrogen and oxygen atoms in total. The van der Waals surface area contributed by atoms with E-state index in [9.17, 15) is 0 Å². The van der Waals surface area contributed by atoms with Crippen LogP contribution < -0.4 is 5.73 Å². The summed E-state index contributed by atoms with van der Waals surface area (Å²) in [5.74, 6) is 0.282. The Morgan fingerprint density at radius 1 is 1.62 bits per heavy atom. The van der Waals surface area contributed by atoms with Gasteiger partial charge in [-0.15, -0.1) is 0 Å². The molecule has 3 N–H and O–H groups in total. The van der Waals surface area contributed by atoms with Gasteiger partial charge in [0.05, 0.1) is 6.20 Å². The summed E-state index contributed by atoms with van der Waals surface area (Å²) in [5.41, 5.74) is 6.51. The molecule has 0 spiro atoms. The number of aryl methyl sites for hydroxylation is 2. The van der Waals surface area contributed by atoms with Crippen LogP contribution in [-0.4, -0.2) is 20.8 Å². The molecule has 16 heavy (non-hydrogen) atoms. The molecule has 1 rings (SSSR count). The lowest BCUT2D eigenvalue weighted by Crippen LogP contribution is -2.32. The molecule has 0 unspecified atom stereocenters. The van der Waals surface area contributed by atoms with Gasteiger partial charge in [-0.25, -0.2) is 0 Å². The topological polar surface area (TPSA) is 76.4 Å². The van der Waals surface area contributed by atoms with Gasteiger partial charge in [0.2, 0.25) is 0 Å². The maximum atomic E-state index is 8.64. The summed E-state index contributed by atoms with van der Waals surface area (Å²) >= 11 is 0. The van der Waals surface area contributed by atoms with Crippen molar-refractivity contribution in [2.24, 2.45) is 16.3 Å². The lowest BCUT2D eigenvalue weighted by Gasteiger charge is -2.22. The average Bonchev–Trinajstić information content (AvgIpc) is 2.62. The van der Waals surface area contributed by atoms with Crippen molar-refractivity contribution in [1.29, 1.82) is 0 Å². The average molecular weight is 224 g/mol. The summed E-state index contributed by atoms with van der Waals surface area (Å²) in [6, 6.07) is 0. The molecule has 0 saturated heterocycles. The normalized spacial score (nSPS) is 13.1. The highest BCUT2D eigenvalue weighted by Gasteiger charge is 2.22. The molecular formula is C11H20N4O. The van der Waals surface area contributed by atoms with Crippen molar-refractivity contribution in [3.05, 3.63) is 18.0 Å². The van der Waals surface area contributed by atoms with Crippen LogP contribution in [0, 0.1) is 12.3 Å². The van der Waals surface area contributed by atoms with Crippen LogP contribution in [0.25, 0.3) is 0 Å². The highest BCUT2D eigenvalue weighted by atomic mass is 16.4. The second-order valence-electron chi connectivity index (χ2n) is 4.75. The molecule has 0 aliphatic heterocycles. The van der Waals surface area contributed by atoms with Crippen LogP contribution in [0.1, 0.15) is 32.3 Å². The molecule has 0 amide bonds. The molecule has 5 heteroatoms. The van der Waals surface area contributed by atoms with E-state index >= 15 is 0 Å². The van der Waals surface area contributed by atoms with Gasteiger partial charge in [-0.1, -0.05) is 19.0 Å². The summed E-state index contributed by atoms with van der Waals surface area (Å²) in [6.07, 6.45) is 5.66. The minimum Gasteiger partial charge on any atom is -0.409 e. The zero-order valence-electron chi connectivity index (χ0n) is 10.1. The summed E-state index contributed by atoms with van der Waals surface area (Å²) in [6.45, 7) is 6.81. The molecule has 0 aromatic carbocycles. The van der Waals surface area contributed by atoms with E-state index in [0.717, 1.165) is 24.9 Å². The Morgan fingerprint density at radius 3 is 2.81 bits per heavy atom. The van der Waals surface area contributed by atoms with Gasteiger partial charge in [0.25, 0.3) is 0 Å². The summed E-state index contributed by atoms with van der Waals surface area (Å²) < 4.78 is 1.91. The molecule has 1 aromatic rings. The van der Waals surface area contributed by atoms with Crippen LogP contribution in [0.2, 0.25) is 0 Å². The van der Waals surface area contributed by atoms with Gasteiger partial charge in [0, 0.05) is 18.2 Å². The Kier molecular flexibility index (Phi) is 3.93. The second-order valence-corrected chi connectivity index (χ2v) is 4.75. The lowest BCUT2D eigenvalue weighted by atomic mass is 9.86. The predicted octanol–water partition coefficient (Wildman–Crippen LogP) is 1.74. The smallest absolute Gasteiger partial charge is 0.144 e. The molecule has 1 heterocycles. The number of nitrogens with zero attached hydrogens (tertiary/aromatic N) is 3. The third-order valence-corrected chi connectivity index (χ3v) is 2.75. The molecule has 0 bridgehead atoms. The maximum absolute atomic E-state index is 8.64. The quantitative estimate of drug-likeness (QED) is 0.346. The lowest BCUT2D eigenvalue weighted by molar-refractivity contribution is 0.303. The fourth-order valence-electron chi connectivity index (χ4n) is 1.54. The van der Waals surface area contributed by atoms with Crippen LogP contribution >= 0.6 is 0 Å². The van der Waals surface area contributed by atoms with Gasteiger partial charge in [0.15, 0.2) is 0 Å². The van der Waals surface area contributed by atoms with E-state index in [2.05, 4.69) is 10.3 Å². The Bertz CT molecular complexity index is 368. The monoisotopic (exact) mass is 224 g/mol. The van der Waals surface area contributed by atoms with Gasteiger partial charge in [0.1, 0.15) is 5.84 Å². The summed E-state index contributed by atoms with van der Waals surface area (Å²) in [5, 5.41) is 15.9. The van der Waals surface area contributed by atoms with E-state index in [0.29, 0.717) is 0 Å². The number of nitrogens with two attached hydrogens (primary N) is 1. The van der Waals surface area contributed by atoms with Gasteiger partial charge >= 0.3 is 0 Å². The Hall–Kier alpha value is -1.52. The fourth-order valence-corrected chi connectivity index (χ4v) is 1.54. The van der Waals surface area contributed by atoms with Crippen molar-refractivity contribution in [2.75, 3.05) is 0 Å². The molecule has 0 fully saturated rings. The number of rotatable bonds is 5. The number of hydrogen-bond acceptors (Lipinski definition) is 3. The number of hydrogen-bond donors (Lipinski definition) is 2. The predicted molar refractivity (Wildman–Crippen MR) is 63.4 cm³/mol. The van der Waals surface area contributed by atoms with E-state index < -0.39 is 0 Å². The molecule has 0 aliphatic carbocycles. The van der Waals surface area contributed by atoms with Crippen molar-refractivity contribution in [3.63, 3.8) is 0 Å². The molecule has 1 aromatic heterocycles. The van der Waals surface area contributed by atoms with Gasteiger partial charge in [-0.3, -0.25) is 4.68 Å². The maximum Gasteiger partial charge on any atom is 0.144 e. The molecule has 0 aliphatic rings. The second kappa shape index (κ2) is 5.01. The van der Waals surface area contributed by atoms with E-state index in [1.54, 1.807) is 0 Å². The molecule has 90 valence electrons. The summed E-state index contributed by atoms with van der Waals surface area (Å²) in [4.78, 5) is 0. The first kappa shape index (κ1) is 12.5. The largest absolute Gasteiger partial charge is 0.409 e.